The van der Waals surface area contributed by atoms with Crippen molar-refractivity contribution in [2.24, 2.45) is 0 Å². The minimum atomic E-state index is -0.891. The monoisotopic (exact) mass is 459 g/mol. The molecular weight excluding hydrogens is 426 g/mol. The number of hydrogen-bond acceptors (Lipinski definition) is 5. The van der Waals surface area contributed by atoms with Gasteiger partial charge in [-0.3, -0.25) is 0 Å². The first-order valence-corrected chi connectivity index (χ1v) is 12.1. The smallest absolute Gasteiger partial charge is 0.326 e. The zero-order valence-corrected chi connectivity index (χ0v) is 20.2. The Morgan fingerprint density at radius 3 is 2.06 bits per heavy atom. The molecule has 0 amide bonds. The largest absolute Gasteiger partial charge is 0.480 e. The van der Waals surface area contributed by atoms with Gasteiger partial charge < -0.3 is 15.1 Å². The van der Waals surface area contributed by atoms with Gasteiger partial charge >= 0.3 is 5.97 Å². The number of rotatable bonds is 8. The van der Waals surface area contributed by atoms with Crippen molar-refractivity contribution in [3.63, 3.8) is 0 Å². The number of carbonyl (C=O) groups is 1. The van der Waals surface area contributed by atoms with Crippen molar-refractivity contribution in [1.29, 1.82) is 0 Å². The summed E-state index contributed by atoms with van der Waals surface area (Å²) in [6.07, 6.45) is 2.98. The fraction of sp³-hybridized carbons (Fsp3) is 0.393. The number of β-amino-alcohol motifs (C(OH)–C–C–N with tert-alkyl or cyclic N) is 1. The molecule has 0 saturated carbocycles. The topological polar surface area (TPSA) is 86.5 Å². The van der Waals surface area contributed by atoms with Gasteiger partial charge in [-0.15, -0.1) is 0 Å². The predicted molar refractivity (Wildman–Crippen MR) is 135 cm³/mol. The number of aliphatic hydroxyl groups excluding tert-OH is 1. The van der Waals surface area contributed by atoms with Crippen LogP contribution in [0.2, 0.25) is 0 Å². The lowest BCUT2D eigenvalue weighted by molar-refractivity contribution is -0.138. The van der Waals surface area contributed by atoms with E-state index < -0.39 is 18.1 Å². The number of nitrogens with zero attached hydrogens (tertiary/aromatic N) is 3. The Kier molecular flexibility index (Phi) is 7.27. The highest BCUT2D eigenvalue weighted by atomic mass is 16.4. The second kappa shape index (κ2) is 10.3. The minimum Gasteiger partial charge on any atom is -0.480 e. The Bertz CT molecular complexity index is 1140. The Balaban J connectivity index is 1.87. The Labute approximate surface area is 201 Å². The molecule has 4 rings (SSSR count). The third-order valence-corrected chi connectivity index (χ3v) is 6.45. The van der Waals surface area contributed by atoms with Gasteiger partial charge in [-0.2, -0.15) is 0 Å². The van der Waals surface area contributed by atoms with Crippen LogP contribution >= 0.6 is 0 Å². The molecule has 2 atom stereocenters. The standard InChI is InChI=1S/C28H33N3O3/c1-4-5-6-7-24(28(33)34)31-17-22(32)16-23-27(31)30-26(21-14-10-19(3)11-15-21)25(29-23)20-12-8-18(2)9-13-20/h8-15,22,24,32H,4-7,16-17H2,1-3H3,(H,33,34). The molecule has 1 aliphatic rings. The second-order valence-electron chi connectivity index (χ2n) is 9.28. The summed E-state index contributed by atoms with van der Waals surface area (Å²) in [5, 5.41) is 20.7. The van der Waals surface area contributed by atoms with Crippen molar-refractivity contribution in [3.8, 4) is 22.5 Å². The van der Waals surface area contributed by atoms with E-state index in [0.29, 0.717) is 24.4 Å². The third kappa shape index (κ3) is 5.12. The van der Waals surface area contributed by atoms with E-state index in [4.69, 9.17) is 9.97 Å². The normalized spacial score (nSPS) is 16.2. The molecule has 3 aromatic rings. The molecule has 6 heteroatoms. The van der Waals surface area contributed by atoms with Gasteiger partial charge in [0.2, 0.25) is 0 Å². The molecule has 2 aromatic carbocycles. The fourth-order valence-electron chi connectivity index (χ4n) is 4.53. The van der Waals surface area contributed by atoms with Crippen molar-refractivity contribution in [1.82, 2.24) is 9.97 Å². The van der Waals surface area contributed by atoms with Gasteiger partial charge in [0.15, 0.2) is 5.82 Å². The van der Waals surface area contributed by atoms with Crippen LogP contribution in [0.25, 0.3) is 22.5 Å². The van der Waals surface area contributed by atoms with Crippen LogP contribution in [0.15, 0.2) is 48.5 Å². The lowest BCUT2D eigenvalue weighted by Crippen LogP contribution is -2.49. The van der Waals surface area contributed by atoms with E-state index in [1.165, 1.54) is 0 Å². The highest BCUT2D eigenvalue weighted by Gasteiger charge is 2.35. The van der Waals surface area contributed by atoms with Gasteiger partial charge in [-0.1, -0.05) is 85.8 Å². The number of unbranched alkanes of at least 4 members (excludes halogenated alkanes) is 2. The molecule has 0 radical (unpaired) electrons. The summed E-state index contributed by atoms with van der Waals surface area (Å²) in [6.45, 7) is 6.42. The first-order chi connectivity index (χ1) is 16.4. The molecule has 0 bridgehead atoms. The second-order valence-corrected chi connectivity index (χ2v) is 9.28. The van der Waals surface area contributed by atoms with Crippen LogP contribution < -0.4 is 4.90 Å². The van der Waals surface area contributed by atoms with Crippen molar-refractivity contribution in [2.45, 2.75) is 65.0 Å². The maximum Gasteiger partial charge on any atom is 0.326 e. The quantitative estimate of drug-likeness (QED) is 0.451. The maximum atomic E-state index is 12.3. The minimum absolute atomic E-state index is 0.238. The molecule has 34 heavy (non-hydrogen) atoms. The van der Waals surface area contributed by atoms with Crippen LogP contribution in [-0.2, 0) is 11.2 Å². The molecule has 0 spiro atoms. The average molecular weight is 460 g/mol. The summed E-state index contributed by atoms with van der Waals surface area (Å²) in [5.41, 5.74) is 6.30. The van der Waals surface area contributed by atoms with Gasteiger partial charge in [0.05, 0.1) is 23.2 Å². The summed E-state index contributed by atoms with van der Waals surface area (Å²) < 4.78 is 0. The van der Waals surface area contributed by atoms with E-state index in [9.17, 15) is 15.0 Å². The molecule has 0 fully saturated rings. The van der Waals surface area contributed by atoms with Crippen molar-refractivity contribution in [2.75, 3.05) is 11.4 Å². The number of aliphatic hydroxyl groups is 1. The van der Waals surface area contributed by atoms with Gasteiger partial charge in [0.1, 0.15) is 6.04 Å². The van der Waals surface area contributed by atoms with E-state index in [2.05, 4.69) is 6.92 Å². The number of hydrogen-bond donors (Lipinski definition) is 2. The molecule has 6 nitrogen and oxygen atoms in total. The summed E-state index contributed by atoms with van der Waals surface area (Å²) in [4.78, 5) is 24.0. The van der Waals surface area contributed by atoms with Crippen LogP contribution in [-0.4, -0.2) is 44.8 Å². The molecule has 2 heterocycles. The Morgan fingerprint density at radius 2 is 1.53 bits per heavy atom. The van der Waals surface area contributed by atoms with Crippen LogP contribution in [0.5, 0.6) is 0 Å². The zero-order valence-electron chi connectivity index (χ0n) is 20.2. The number of anilines is 1. The van der Waals surface area contributed by atoms with Crippen LogP contribution in [0.3, 0.4) is 0 Å². The molecule has 0 aliphatic carbocycles. The number of fused-ring (bicyclic) bond motifs is 1. The van der Waals surface area contributed by atoms with E-state index in [-0.39, 0.29) is 6.54 Å². The molecule has 0 saturated heterocycles. The first kappa shape index (κ1) is 23.9. The van der Waals surface area contributed by atoms with Crippen LogP contribution in [0.4, 0.5) is 5.82 Å². The first-order valence-electron chi connectivity index (χ1n) is 12.1. The Morgan fingerprint density at radius 1 is 0.971 bits per heavy atom. The zero-order chi connectivity index (χ0) is 24.2. The average Bonchev–Trinajstić information content (AvgIpc) is 2.81. The van der Waals surface area contributed by atoms with Gasteiger partial charge in [-0.05, 0) is 20.3 Å². The number of aromatic nitrogens is 2. The highest BCUT2D eigenvalue weighted by molar-refractivity contribution is 5.82. The summed E-state index contributed by atoms with van der Waals surface area (Å²) in [7, 11) is 0. The SMILES string of the molecule is CCCCCC(C(=O)O)N1CC(O)Cc2nc(-c3ccc(C)cc3)c(-c3ccc(C)cc3)nc21. The lowest BCUT2D eigenvalue weighted by atomic mass is 9.98. The molecule has 1 aliphatic heterocycles. The van der Waals surface area contributed by atoms with E-state index in [1.54, 1.807) is 4.90 Å². The van der Waals surface area contributed by atoms with Crippen LogP contribution in [0, 0.1) is 13.8 Å². The van der Waals surface area contributed by atoms with Gasteiger partial charge in [-0.25, -0.2) is 14.8 Å². The van der Waals surface area contributed by atoms with E-state index in [0.717, 1.165) is 52.9 Å². The van der Waals surface area contributed by atoms with Crippen LogP contribution in [0.1, 0.15) is 49.4 Å². The van der Waals surface area contributed by atoms with E-state index in [1.807, 2.05) is 62.4 Å². The highest BCUT2D eigenvalue weighted by Crippen LogP contribution is 2.36. The van der Waals surface area contributed by atoms with E-state index >= 15 is 0 Å². The third-order valence-electron chi connectivity index (χ3n) is 6.45. The summed E-state index contributed by atoms with van der Waals surface area (Å²) in [5.74, 6) is -0.321. The van der Waals surface area contributed by atoms with Crippen molar-refractivity contribution in [3.05, 3.63) is 65.4 Å². The predicted octanol–water partition coefficient (Wildman–Crippen LogP) is 5.18. The van der Waals surface area contributed by atoms with Crippen molar-refractivity contribution >= 4 is 11.8 Å². The maximum absolute atomic E-state index is 12.3. The molecule has 2 unspecified atom stereocenters. The number of aliphatic carboxylic acids is 1. The van der Waals surface area contributed by atoms with Gasteiger partial charge in [0.25, 0.3) is 0 Å². The number of carboxylic acids is 1. The number of aryl methyl sites for hydroxylation is 2. The molecular formula is C28H33N3O3. The Hall–Kier alpha value is -3.25. The van der Waals surface area contributed by atoms with Gasteiger partial charge in [0, 0.05) is 24.1 Å². The lowest BCUT2D eigenvalue weighted by Gasteiger charge is -2.37. The molecule has 178 valence electrons. The number of benzene rings is 2. The molecule has 1 aromatic heterocycles. The summed E-state index contributed by atoms with van der Waals surface area (Å²) in [6, 6.07) is 15.6. The fourth-order valence-corrected chi connectivity index (χ4v) is 4.53. The van der Waals surface area contributed by atoms with Crippen molar-refractivity contribution < 1.29 is 15.0 Å². The number of carboxylic acid groups (broad SMARTS) is 1. The summed E-state index contributed by atoms with van der Waals surface area (Å²) >= 11 is 0. The molecule has 2 N–H and O–H groups in total.